The van der Waals surface area contributed by atoms with Crippen molar-refractivity contribution >= 4 is 22.5 Å². The van der Waals surface area contributed by atoms with Gasteiger partial charge in [-0.25, -0.2) is 0 Å². The van der Waals surface area contributed by atoms with Crippen molar-refractivity contribution in [2.75, 3.05) is 14.1 Å². The van der Waals surface area contributed by atoms with Crippen LogP contribution in [0.15, 0.2) is 42.5 Å². The highest BCUT2D eigenvalue weighted by molar-refractivity contribution is 6.44. The van der Waals surface area contributed by atoms with Crippen LogP contribution in [0.5, 0.6) is 0 Å². The van der Waals surface area contributed by atoms with Gasteiger partial charge in [-0.05, 0) is 10.8 Å². The highest BCUT2D eigenvalue weighted by atomic mass is 16.2. The minimum atomic E-state index is -0.499. The number of carbonyl (C=O) groups is 2. The quantitative estimate of drug-likeness (QED) is 0.582. The summed E-state index contributed by atoms with van der Waals surface area (Å²) in [6, 6.07) is 12.9. The summed E-state index contributed by atoms with van der Waals surface area (Å²) in [5, 5.41) is 1.78. The van der Waals surface area contributed by atoms with Crippen molar-refractivity contribution in [1.29, 1.82) is 0 Å². The normalized spacial score (nSPS) is 10.2. The third kappa shape index (κ3) is 2.04. The van der Waals surface area contributed by atoms with Crippen LogP contribution in [0.25, 0.3) is 10.8 Å². The highest BCUT2D eigenvalue weighted by Gasteiger charge is 2.19. The van der Waals surface area contributed by atoms with Crippen LogP contribution in [0, 0.1) is 0 Å². The molecule has 0 fully saturated rings. The molecule has 0 unspecified atom stereocenters. The molecule has 0 aliphatic carbocycles. The standard InChI is InChI=1S/C14H13NO2/c1-15(2)14(17)13(16)12-9-5-7-10-6-3-4-8-11(10)12/h3-9H,1-2H3. The summed E-state index contributed by atoms with van der Waals surface area (Å²) >= 11 is 0. The molecule has 2 aromatic carbocycles. The van der Waals surface area contributed by atoms with Gasteiger partial charge in [0.25, 0.3) is 11.7 Å². The summed E-state index contributed by atoms with van der Waals surface area (Å²) in [5.74, 6) is -0.965. The van der Waals surface area contributed by atoms with Gasteiger partial charge < -0.3 is 4.90 Å². The number of hydrogen-bond acceptors (Lipinski definition) is 2. The van der Waals surface area contributed by atoms with Gasteiger partial charge >= 0.3 is 0 Å². The molecule has 0 aliphatic rings. The number of hydrogen-bond donors (Lipinski definition) is 0. The Labute approximate surface area is 99.7 Å². The topological polar surface area (TPSA) is 37.4 Å². The maximum Gasteiger partial charge on any atom is 0.294 e. The van der Waals surface area contributed by atoms with Gasteiger partial charge in [0.15, 0.2) is 0 Å². The van der Waals surface area contributed by atoms with Crippen molar-refractivity contribution in [3.8, 4) is 0 Å². The molecule has 3 heteroatoms. The van der Waals surface area contributed by atoms with Crippen LogP contribution in [0.3, 0.4) is 0 Å². The fourth-order valence-corrected chi connectivity index (χ4v) is 1.74. The first-order valence-electron chi connectivity index (χ1n) is 5.35. The summed E-state index contributed by atoms with van der Waals surface area (Å²) in [6.45, 7) is 0. The molecule has 86 valence electrons. The number of benzene rings is 2. The van der Waals surface area contributed by atoms with E-state index in [1.807, 2.05) is 30.3 Å². The van der Waals surface area contributed by atoms with Crippen LogP contribution in [-0.4, -0.2) is 30.7 Å². The van der Waals surface area contributed by atoms with Crippen molar-refractivity contribution in [3.63, 3.8) is 0 Å². The Hall–Kier alpha value is -2.16. The first kappa shape index (κ1) is 11.3. The Morgan fingerprint density at radius 3 is 2.29 bits per heavy atom. The van der Waals surface area contributed by atoms with Gasteiger partial charge in [-0.2, -0.15) is 0 Å². The summed E-state index contributed by atoms with van der Waals surface area (Å²) in [6.07, 6.45) is 0. The molecule has 2 rings (SSSR count). The molecule has 0 atom stereocenters. The lowest BCUT2D eigenvalue weighted by molar-refractivity contribution is -0.124. The lowest BCUT2D eigenvalue weighted by Gasteiger charge is -2.10. The van der Waals surface area contributed by atoms with Gasteiger partial charge in [0, 0.05) is 19.7 Å². The molecule has 0 heterocycles. The molecular formula is C14H13NO2. The molecule has 3 nitrogen and oxygen atoms in total. The molecule has 0 saturated carbocycles. The van der Waals surface area contributed by atoms with E-state index >= 15 is 0 Å². The van der Waals surface area contributed by atoms with E-state index in [0.29, 0.717) is 5.56 Å². The van der Waals surface area contributed by atoms with E-state index in [4.69, 9.17) is 0 Å². The molecule has 17 heavy (non-hydrogen) atoms. The van der Waals surface area contributed by atoms with Crippen molar-refractivity contribution in [3.05, 3.63) is 48.0 Å². The maximum absolute atomic E-state index is 12.0. The van der Waals surface area contributed by atoms with Crippen LogP contribution in [-0.2, 0) is 4.79 Å². The second-order valence-electron chi connectivity index (χ2n) is 4.06. The van der Waals surface area contributed by atoms with Gasteiger partial charge in [-0.3, -0.25) is 9.59 Å². The van der Waals surface area contributed by atoms with Crippen molar-refractivity contribution < 1.29 is 9.59 Å². The lowest BCUT2D eigenvalue weighted by Crippen LogP contribution is -2.29. The number of amides is 1. The predicted molar refractivity (Wildman–Crippen MR) is 67.0 cm³/mol. The first-order valence-corrected chi connectivity index (χ1v) is 5.35. The van der Waals surface area contributed by atoms with Crippen LogP contribution < -0.4 is 0 Å². The lowest BCUT2D eigenvalue weighted by atomic mass is 10.0. The molecule has 0 saturated heterocycles. The summed E-state index contributed by atoms with van der Waals surface area (Å²) in [4.78, 5) is 25.0. The van der Waals surface area contributed by atoms with Crippen LogP contribution in [0.1, 0.15) is 10.4 Å². The SMILES string of the molecule is CN(C)C(=O)C(=O)c1cccc2ccccc12. The van der Waals surface area contributed by atoms with Gasteiger partial charge in [0.1, 0.15) is 0 Å². The minimum Gasteiger partial charge on any atom is -0.342 e. The Morgan fingerprint density at radius 1 is 0.941 bits per heavy atom. The van der Waals surface area contributed by atoms with Crippen LogP contribution in [0.4, 0.5) is 0 Å². The number of Topliss-reactive ketones (excluding diaryl/α,β-unsaturated/α-hetero) is 1. The molecule has 0 spiro atoms. The zero-order chi connectivity index (χ0) is 12.4. The second kappa shape index (κ2) is 4.37. The number of nitrogens with zero attached hydrogens (tertiary/aromatic N) is 1. The molecule has 0 bridgehead atoms. The molecule has 0 aromatic heterocycles. The number of carbonyl (C=O) groups excluding carboxylic acids is 2. The molecular weight excluding hydrogens is 214 g/mol. The molecule has 0 radical (unpaired) electrons. The Bertz CT molecular complexity index is 582. The Morgan fingerprint density at radius 2 is 1.59 bits per heavy atom. The van der Waals surface area contributed by atoms with E-state index in [9.17, 15) is 9.59 Å². The van der Waals surface area contributed by atoms with E-state index in [1.54, 1.807) is 26.2 Å². The number of fused-ring (bicyclic) bond motifs is 1. The van der Waals surface area contributed by atoms with Crippen molar-refractivity contribution in [2.24, 2.45) is 0 Å². The summed E-state index contributed by atoms with van der Waals surface area (Å²) < 4.78 is 0. The summed E-state index contributed by atoms with van der Waals surface area (Å²) in [5.41, 5.74) is 0.460. The average molecular weight is 227 g/mol. The third-order valence-corrected chi connectivity index (χ3v) is 2.63. The fraction of sp³-hybridized carbons (Fsp3) is 0.143. The minimum absolute atomic E-state index is 0.460. The van der Waals surface area contributed by atoms with Crippen LogP contribution >= 0.6 is 0 Å². The Balaban J connectivity index is 2.56. The third-order valence-electron chi connectivity index (χ3n) is 2.63. The predicted octanol–water partition coefficient (Wildman–Crippen LogP) is 2.11. The van der Waals surface area contributed by atoms with E-state index in [1.165, 1.54) is 4.90 Å². The molecule has 2 aromatic rings. The molecule has 1 amide bonds. The number of likely N-dealkylation sites (N-methyl/N-ethyl adjacent to an activating group) is 1. The fourth-order valence-electron chi connectivity index (χ4n) is 1.74. The number of ketones is 1. The average Bonchev–Trinajstić information content (AvgIpc) is 2.36. The van der Waals surface area contributed by atoms with Crippen molar-refractivity contribution in [2.45, 2.75) is 0 Å². The van der Waals surface area contributed by atoms with Gasteiger partial charge in [-0.1, -0.05) is 42.5 Å². The zero-order valence-electron chi connectivity index (χ0n) is 9.81. The largest absolute Gasteiger partial charge is 0.342 e. The van der Waals surface area contributed by atoms with Gasteiger partial charge in [-0.15, -0.1) is 0 Å². The maximum atomic E-state index is 12.0. The Kier molecular flexibility index (Phi) is 2.91. The first-order chi connectivity index (χ1) is 8.11. The second-order valence-corrected chi connectivity index (χ2v) is 4.06. The highest BCUT2D eigenvalue weighted by Crippen LogP contribution is 2.19. The van der Waals surface area contributed by atoms with E-state index < -0.39 is 11.7 Å². The zero-order valence-corrected chi connectivity index (χ0v) is 9.81. The van der Waals surface area contributed by atoms with E-state index in [2.05, 4.69) is 0 Å². The molecule has 0 N–H and O–H groups in total. The summed E-state index contributed by atoms with van der Waals surface area (Å²) in [7, 11) is 3.15. The van der Waals surface area contributed by atoms with Crippen molar-refractivity contribution in [1.82, 2.24) is 4.90 Å². The smallest absolute Gasteiger partial charge is 0.294 e. The number of rotatable bonds is 2. The van der Waals surface area contributed by atoms with E-state index in [-0.39, 0.29) is 0 Å². The monoisotopic (exact) mass is 227 g/mol. The van der Waals surface area contributed by atoms with Crippen LogP contribution in [0.2, 0.25) is 0 Å². The van der Waals surface area contributed by atoms with Gasteiger partial charge in [0.05, 0.1) is 0 Å². The van der Waals surface area contributed by atoms with Gasteiger partial charge in [0.2, 0.25) is 0 Å². The van der Waals surface area contributed by atoms with E-state index in [0.717, 1.165) is 10.8 Å². The molecule has 0 aliphatic heterocycles.